The zero-order valence-corrected chi connectivity index (χ0v) is 18.6. The molecule has 1 fully saturated rings. The molecule has 30 heavy (non-hydrogen) atoms. The molecule has 1 aromatic heterocycles. The summed E-state index contributed by atoms with van der Waals surface area (Å²) >= 11 is 0. The van der Waals surface area contributed by atoms with Crippen LogP contribution in [0.3, 0.4) is 0 Å². The first kappa shape index (κ1) is 21.1. The van der Waals surface area contributed by atoms with Crippen molar-refractivity contribution in [1.29, 1.82) is 0 Å². The van der Waals surface area contributed by atoms with E-state index in [0.29, 0.717) is 0 Å². The highest BCUT2D eigenvalue weighted by Crippen LogP contribution is 2.28. The number of aromatic nitrogens is 2. The third-order valence-electron chi connectivity index (χ3n) is 6.43. The molecular formula is C26H36N4. The molecule has 4 heteroatoms. The average Bonchev–Trinajstić information content (AvgIpc) is 3.45. The summed E-state index contributed by atoms with van der Waals surface area (Å²) in [7, 11) is 0. The number of hydrogen-bond donors (Lipinski definition) is 1. The highest BCUT2D eigenvalue weighted by Gasteiger charge is 2.21. The summed E-state index contributed by atoms with van der Waals surface area (Å²) in [4.78, 5) is 7.72. The monoisotopic (exact) mass is 404 g/mol. The molecular weight excluding hydrogens is 368 g/mol. The van der Waals surface area contributed by atoms with Crippen molar-refractivity contribution < 1.29 is 0 Å². The first-order valence-electron chi connectivity index (χ1n) is 11.8. The first-order chi connectivity index (χ1) is 14.8. The standard InChI is InChI=1S/C26H36N4/c1-3-17-30(23-12-6-7-13-23)18-16-27-19-22-20-29(4-2)26(28-22)25-15-9-11-21-10-5-8-14-24(21)25/h5,8-11,14-15,20,23,27H,3-4,6-7,12-13,16-19H2,1-2H3. The number of fused-ring (bicyclic) bond motifs is 1. The van der Waals surface area contributed by atoms with Crippen LogP contribution >= 0.6 is 0 Å². The van der Waals surface area contributed by atoms with Gasteiger partial charge in [0.25, 0.3) is 0 Å². The maximum Gasteiger partial charge on any atom is 0.140 e. The van der Waals surface area contributed by atoms with Crippen LogP contribution in [0.4, 0.5) is 0 Å². The normalized spacial score (nSPS) is 14.9. The van der Waals surface area contributed by atoms with E-state index in [1.54, 1.807) is 0 Å². The molecule has 0 atom stereocenters. The molecule has 2 aromatic carbocycles. The van der Waals surface area contributed by atoms with E-state index in [9.17, 15) is 0 Å². The molecule has 3 aromatic rings. The Labute approximate surface area is 181 Å². The Balaban J connectivity index is 1.41. The second kappa shape index (κ2) is 10.2. The highest BCUT2D eigenvalue weighted by molar-refractivity contribution is 5.95. The second-order valence-electron chi connectivity index (χ2n) is 8.52. The summed E-state index contributed by atoms with van der Waals surface area (Å²) in [5.74, 6) is 1.07. The van der Waals surface area contributed by atoms with Gasteiger partial charge in [-0.3, -0.25) is 4.90 Å². The van der Waals surface area contributed by atoms with Crippen LogP contribution in [-0.4, -0.2) is 40.1 Å². The fourth-order valence-electron chi connectivity index (χ4n) is 4.90. The number of aryl methyl sites for hydroxylation is 1. The zero-order valence-electron chi connectivity index (χ0n) is 18.6. The van der Waals surface area contributed by atoms with Crippen molar-refractivity contribution in [2.75, 3.05) is 19.6 Å². The topological polar surface area (TPSA) is 33.1 Å². The van der Waals surface area contributed by atoms with Gasteiger partial charge in [0.15, 0.2) is 0 Å². The first-order valence-corrected chi connectivity index (χ1v) is 11.8. The largest absolute Gasteiger partial charge is 0.331 e. The van der Waals surface area contributed by atoms with Crippen molar-refractivity contribution in [2.45, 2.75) is 65.1 Å². The van der Waals surface area contributed by atoms with E-state index in [-0.39, 0.29) is 0 Å². The van der Waals surface area contributed by atoms with Crippen LogP contribution in [-0.2, 0) is 13.1 Å². The smallest absolute Gasteiger partial charge is 0.140 e. The molecule has 0 bridgehead atoms. The van der Waals surface area contributed by atoms with E-state index in [1.165, 1.54) is 55.0 Å². The van der Waals surface area contributed by atoms with Crippen LogP contribution < -0.4 is 5.32 Å². The molecule has 0 amide bonds. The van der Waals surface area contributed by atoms with Crippen LogP contribution in [0.25, 0.3) is 22.2 Å². The van der Waals surface area contributed by atoms with Gasteiger partial charge in [-0.25, -0.2) is 4.98 Å². The lowest BCUT2D eigenvalue weighted by Crippen LogP contribution is -2.39. The summed E-state index contributed by atoms with van der Waals surface area (Å²) in [5.41, 5.74) is 2.35. The molecule has 4 rings (SSSR count). The second-order valence-corrected chi connectivity index (χ2v) is 8.52. The fourth-order valence-corrected chi connectivity index (χ4v) is 4.90. The molecule has 1 heterocycles. The average molecular weight is 405 g/mol. The number of imidazole rings is 1. The van der Waals surface area contributed by atoms with E-state index in [4.69, 9.17) is 4.98 Å². The van der Waals surface area contributed by atoms with E-state index in [2.05, 4.69) is 77.3 Å². The molecule has 1 aliphatic carbocycles. The van der Waals surface area contributed by atoms with Gasteiger partial charge in [0.05, 0.1) is 5.69 Å². The van der Waals surface area contributed by atoms with Crippen LogP contribution in [0.5, 0.6) is 0 Å². The quantitative estimate of drug-likeness (QED) is 0.455. The molecule has 0 unspecified atom stereocenters. The van der Waals surface area contributed by atoms with Crippen LogP contribution in [0.15, 0.2) is 48.7 Å². The molecule has 0 aliphatic heterocycles. The summed E-state index contributed by atoms with van der Waals surface area (Å²) in [6.45, 7) is 9.64. The van der Waals surface area contributed by atoms with E-state index >= 15 is 0 Å². The lowest BCUT2D eigenvalue weighted by molar-refractivity contribution is 0.199. The predicted octanol–water partition coefficient (Wildman–Crippen LogP) is 5.47. The van der Waals surface area contributed by atoms with Gasteiger partial charge in [-0.15, -0.1) is 0 Å². The highest BCUT2D eigenvalue weighted by atomic mass is 15.2. The van der Waals surface area contributed by atoms with Gasteiger partial charge in [0, 0.05) is 44.0 Å². The number of benzene rings is 2. The SMILES string of the molecule is CCCN(CCNCc1cn(CC)c(-c2cccc3ccccc23)n1)C1CCCC1. The summed E-state index contributed by atoms with van der Waals surface area (Å²) in [6, 6.07) is 15.9. The maximum atomic E-state index is 5.02. The maximum absolute atomic E-state index is 5.02. The Kier molecular flexibility index (Phi) is 7.19. The van der Waals surface area contributed by atoms with Gasteiger partial charge >= 0.3 is 0 Å². The van der Waals surface area contributed by atoms with E-state index < -0.39 is 0 Å². The van der Waals surface area contributed by atoms with Gasteiger partial charge in [-0.05, 0) is 43.5 Å². The zero-order chi connectivity index (χ0) is 20.8. The summed E-state index contributed by atoms with van der Waals surface area (Å²) in [6.07, 6.45) is 9.04. The van der Waals surface area contributed by atoms with E-state index in [0.717, 1.165) is 43.7 Å². The molecule has 1 saturated carbocycles. The lowest BCUT2D eigenvalue weighted by Gasteiger charge is -2.28. The molecule has 1 N–H and O–H groups in total. The Morgan fingerprint density at radius 1 is 1.03 bits per heavy atom. The van der Waals surface area contributed by atoms with Crippen molar-refractivity contribution in [2.24, 2.45) is 0 Å². The van der Waals surface area contributed by atoms with Crippen molar-refractivity contribution in [1.82, 2.24) is 19.8 Å². The minimum absolute atomic E-state index is 0.809. The van der Waals surface area contributed by atoms with Crippen LogP contribution in [0.1, 0.15) is 51.6 Å². The molecule has 160 valence electrons. The van der Waals surface area contributed by atoms with Gasteiger partial charge in [-0.1, -0.05) is 62.2 Å². The molecule has 0 saturated heterocycles. The molecule has 1 aliphatic rings. The Morgan fingerprint density at radius 2 is 1.83 bits per heavy atom. The van der Waals surface area contributed by atoms with Crippen molar-refractivity contribution >= 4 is 10.8 Å². The summed E-state index contributed by atoms with van der Waals surface area (Å²) in [5, 5.41) is 6.19. The number of rotatable bonds is 10. The Morgan fingerprint density at radius 3 is 2.63 bits per heavy atom. The Hall–Kier alpha value is -2.17. The lowest BCUT2D eigenvalue weighted by atomic mass is 10.0. The van der Waals surface area contributed by atoms with Gasteiger partial charge in [0.1, 0.15) is 5.82 Å². The van der Waals surface area contributed by atoms with Gasteiger partial charge in [0.2, 0.25) is 0 Å². The fraction of sp³-hybridized carbons (Fsp3) is 0.500. The minimum atomic E-state index is 0.809. The molecule has 4 nitrogen and oxygen atoms in total. The minimum Gasteiger partial charge on any atom is -0.331 e. The van der Waals surface area contributed by atoms with Crippen molar-refractivity contribution in [3.8, 4) is 11.4 Å². The third kappa shape index (κ3) is 4.76. The summed E-state index contributed by atoms with van der Waals surface area (Å²) < 4.78 is 2.28. The van der Waals surface area contributed by atoms with Gasteiger partial charge in [-0.2, -0.15) is 0 Å². The van der Waals surface area contributed by atoms with Gasteiger partial charge < -0.3 is 9.88 Å². The number of nitrogens with zero attached hydrogens (tertiary/aromatic N) is 3. The van der Waals surface area contributed by atoms with Crippen molar-refractivity contribution in [3.05, 3.63) is 54.4 Å². The van der Waals surface area contributed by atoms with Crippen molar-refractivity contribution in [3.63, 3.8) is 0 Å². The third-order valence-corrected chi connectivity index (χ3v) is 6.43. The van der Waals surface area contributed by atoms with Crippen LogP contribution in [0, 0.1) is 0 Å². The van der Waals surface area contributed by atoms with E-state index in [1.807, 2.05) is 0 Å². The van der Waals surface area contributed by atoms with Crippen LogP contribution in [0.2, 0.25) is 0 Å². The Bertz CT molecular complexity index is 934. The molecule has 0 radical (unpaired) electrons. The number of nitrogens with one attached hydrogen (secondary N) is 1. The predicted molar refractivity (Wildman–Crippen MR) is 127 cm³/mol. The number of hydrogen-bond acceptors (Lipinski definition) is 3. The molecule has 0 spiro atoms.